The average Bonchev–Trinajstić information content (AvgIpc) is 2.88. The van der Waals surface area contributed by atoms with Crippen molar-refractivity contribution in [3.05, 3.63) is 21.1 Å². The minimum absolute atomic E-state index is 0.0166. The van der Waals surface area contributed by atoms with Crippen LogP contribution in [0.3, 0.4) is 0 Å². The summed E-state index contributed by atoms with van der Waals surface area (Å²) in [7, 11) is 0. The zero-order chi connectivity index (χ0) is 18.0. The Kier molecular flexibility index (Phi) is 5.70. The largest absolute Gasteiger partial charge is 0.480 e. The minimum atomic E-state index is -1.29. The van der Waals surface area contributed by atoms with Crippen LogP contribution < -0.4 is 0 Å². The number of carboxylic acids is 1. The molecule has 0 radical (unpaired) electrons. The van der Waals surface area contributed by atoms with Gasteiger partial charge in [0.15, 0.2) is 0 Å². The third kappa shape index (κ3) is 3.64. The standard InChI is InChI=1S/C14H12Br2N2O6/c15-7-5-10(19)17(12(7)21)4-2-1-3-9(14(23)24)18-11(20)6-8(16)13(18)22/h5-6,9H,1-4H2,(H,23,24)/t9-/m0/s1. The Labute approximate surface area is 153 Å². The third-order valence-corrected chi connectivity index (χ3v) is 4.72. The van der Waals surface area contributed by atoms with E-state index in [0.29, 0.717) is 17.7 Å². The number of nitrogens with zero attached hydrogens (tertiary/aromatic N) is 2. The van der Waals surface area contributed by atoms with Crippen LogP contribution in [0.25, 0.3) is 0 Å². The number of hydrogen-bond acceptors (Lipinski definition) is 5. The molecule has 0 spiro atoms. The van der Waals surface area contributed by atoms with Gasteiger partial charge in [-0.1, -0.05) is 0 Å². The molecule has 0 aliphatic carbocycles. The molecule has 2 heterocycles. The minimum Gasteiger partial charge on any atom is -0.480 e. The number of amides is 4. The molecule has 0 fully saturated rings. The van der Waals surface area contributed by atoms with Crippen molar-refractivity contribution in [2.45, 2.75) is 25.3 Å². The van der Waals surface area contributed by atoms with Crippen molar-refractivity contribution in [3.8, 4) is 0 Å². The number of halogens is 2. The number of hydrogen-bond donors (Lipinski definition) is 1. The van der Waals surface area contributed by atoms with Crippen LogP contribution in [-0.4, -0.2) is 57.1 Å². The van der Waals surface area contributed by atoms with Gasteiger partial charge < -0.3 is 5.11 Å². The summed E-state index contributed by atoms with van der Waals surface area (Å²) in [6.07, 6.45) is 2.92. The molecule has 0 saturated carbocycles. The highest BCUT2D eigenvalue weighted by Crippen LogP contribution is 2.23. The molecule has 0 aromatic carbocycles. The van der Waals surface area contributed by atoms with Gasteiger partial charge in [0.1, 0.15) is 6.04 Å². The van der Waals surface area contributed by atoms with Gasteiger partial charge in [-0.3, -0.25) is 29.0 Å². The van der Waals surface area contributed by atoms with E-state index in [1.165, 1.54) is 6.08 Å². The fourth-order valence-corrected chi connectivity index (χ4v) is 3.21. The highest BCUT2D eigenvalue weighted by Gasteiger charge is 2.39. The van der Waals surface area contributed by atoms with Crippen molar-refractivity contribution in [3.63, 3.8) is 0 Å². The van der Waals surface area contributed by atoms with Crippen LogP contribution in [-0.2, 0) is 24.0 Å². The van der Waals surface area contributed by atoms with Gasteiger partial charge in [-0.25, -0.2) is 4.79 Å². The number of carbonyl (C=O) groups is 5. The number of carbonyl (C=O) groups excluding carboxylic acids is 4. The number of rotatable bonds is 7. The zero-order valence-corrected chi connectivity index (χ0v) is 15.4. The normalized spacial score (nSPS) is 19.1. The Hall–Kier alpha value is -1.81. The maximum atomic E-state index is 11.8. The first-order valence-corrected chi connectivity index (χ1v) is 8.53. The van der Waals surface area contributed by atoms with E-state index < -0.39 is 35.6 Å². The van der Waals surface area contributed by atoms with Crippen LogP contribution in [0.2, 0.25) is 0 Å². The Morgan fingerprint density at radius 3 is 2.04 bits per heavy atom. The van der Waals surface area contributed by atoms with Crippen LogP contribution >= 0.6 is 31.9 Å². The lowest BCUT2D eigenvalue weighted by Gasteiger charge is -2.23. The molecular formula is C14H12Br2N2O6. The molecule has 8 nitrogen and oxygen atoms in total. The molecule has 0 aromatic heterocycles. The molecule has 1 atom stereocenters. The number of imide groups is 2. The van der Waals surface area contributed by atoms with Crippen molar-refractivity contribution in [2.24, 2.45) is 0 Å². The van der Waals surface area contributed by atoms with Gasteiger partial charge in [-0.05, 0) is 51.1 Å². The van der Waals surface area contributed by atoms with Gasteiger partial charge in [0, 0.05) is 18.7 Å². The predicted molar refractivity (Wildman–Crippen MR) is 87.9 cm³/mol. The molecular weight excluding hydrogens is 452 g/mol. The molecule has 128 valence electrons. The van der Waals surface area contributed by atoms with Crippen LogP contribution in [0.1, 0.15) is 19.3 Å². The summed E-state index contributed by atoms with van der Waals surface area (Å²) in [5, 5.41) is 9.27. The molecule has 2 aliphatic heterocycles. The van der Waals surface area contributed by atoms with E-state index in [9.17, 15) is 29.1 Å². The fraction of sp³-hybridized carbons (Fsp3) is 0.357. The average molecular weight is 464 g/mol. The predicted octanol–water partition coefficient (Wildman–Crippen LogP) is 0.905. The van der Waals surface area contributed by atoms with Crippen LogP contribution in [0.15, 0.2) is 21.1 Å². The molecule has 24 heavy (non-hydrogen) atoms. The summed E-state index contributed by atoms with van der Waals surface area (Å²) in [6, 6.07) is -1.29. The second-order valence-electron chi connectivity index (χ2n) is 5.14. The van der Waals surface area contributed by atoms with Gasteiger partial charge in [0.25, 0.3) is 23.6 Å². The van der Waals surface area contributed by atoms with E-state index in [1.54, 1.807) is 0 Å². The van der Waals surface area contributed by atoms with Gasteiger partial charge in [0.2, 0.25) is 0 Å². The molecule has 10 heteroatoms. The van der Waals surface area contributed by atoms with Gasteiger partial charge in [0.05, 0.1) is 8.96 Å². The Bertz CT molecular complexity index is 699. The monoisotopic (exact) mass is 462 g/mol. The zero-order valence-electron chi connectivity index (χ0n) is 12.2. The first-order valence-electron chi connectivity index (χ1n) is 6.94. The van der Waals surface area contributed by atoms with E-state index >= 15 is 0 Å². The highest BCUT2D eigenvalue weighted by molar-refractivity contribution is 9.12. The van der Waals surface area contributed by atoms with Crippen molar-refractivity contribution in [1.29, 1.82) is 0 Å². The molecule has 0 saturated heterocycles. The summed E-state index contributed by atoms with van der Waals surface area (Å²) in [5.41, 5.74) is 0. The van der Waals surface area contributed by atoms with Crippen molar-refractivity contribution in [1.82, 2.24) is 9.80 Å². The lowest BCUT2D eigenvalue weighted by molar-refractivity contribution is -0.153. The van der Waals surface area contributed by atoms with Crippen LogP contribution in [0, 0.1) is 0 Å². The summed E-state index contributed by atoms with van der Waals surface area (Å²) < 4.78 is 0.197. The number of carboxylic acid groups (broad SMARTS) is 1. The maximum Gasteiger partial charge on any atom is 0.326 e. The summed E-state index contributed by atoms with van der Waals surface area (Å²) in [6.45, 7) is 0.138. The van der Waals surface area contributed by atoms with Crippen molar-refractivity contribution >= 4 is 61.5 Å². The van der Waals surface area contributed by atoms with E-state index in [2.05, 4.69) is 31.9 Å². The van der Waals surface area contributed by atoms with Gasteiger partial charge in [-0.15, -0.1) is 0 Å². The summed E-state index contributed by atoms with van der Waals surface area (Å²) in [4.78, 5) is 59.9. The molecule has 2 aliphatic rings. The Morgan fingerprint density at radius 2 is 1.58 bits per heavy atom. The van der Waals surface area contributed by atoms with Gasteiger partial charge in [-0.2, -0.15) is 0 Å². The fourth-order valence-electron chi connectivity index (χ4n) is 2.41. The molecule has 2 rings (SSSR count). The summed E-state index contributed by atoms with van der Waals surface area (Å²) >= 11 is 5.89. The summed E-state index contributed by atoms with van der Waals surface area (Å²) in [5.74, 6) is -3.53. The smallest absolute Gasteiger partial charge is 0.326 e. The van der Waals surface area contributed by atoms with Crippen molar-refractivity contribution < 1.29 is 29.1 Å². The Balaban J connectivity index is 1.89. The van der Waals surface area contributed by atoms with Crippen LogP contribution in [0.5, 0.6) is 0 Å². The molecule has 0 unspecified atom stereocenters. The quantitative estimate of drug-likeness (QED) is 0.443. The second-order valence-corrected chi connectivity index (χ2v) is 6.85. The van der Waals surface area contributed by atoms with Gasteiger partial charge >= 0.3 is 5.97 Å². The number of unbranched alkanes of at least 4 members (excludes halogenated alkanes) is 1. The molecule has 1 N–H and O–H groups in total. The van der Waals surface area contributed by atoms with E-state index in [0.717, 1.165) is 11.0 Å². The van der Waals surface area contributed by atoms with Crippen LogP contribution in [0.4, 0.5) is 0 Å². The first kappa shape index (κ1) is 18.5. The highest BCUT2D eigenvalue weighted by atomic mass is 79.9. The van der Waals surface area contributed by atoms with Crippen molar-refractivity contribution in [2.75, 3.05) is 6.54 Å². The topological polar surface area (TPSA) is 112 Å². The van der Waals surface area contributed by atoms with E-state index in [-0.39, 0.29) is 21.9 Å². The number of aliphatic carboxylic acids is 1. The van der Waals surface area contributed by atoms with E-state index in [1.807, 2.05) is 0 Å². The maximum absolute atomic E-state index is 11.8. The lowest BCUT2D eigenvalue weighted by Crippen LogP contribution is -2.45. The Morgan fingerprint density at radius 1 is 1.00 bits per heavy atom. The molecule has 0 bridgehead atoms. The molecule has 0 aromatic rings. The first-order chi connectivity index (χ1) is 11.2. The SMILES string of the molecule is O=C(O)[C@H](CCCCN1C(=O)C=C(Br)C1=O)N1C(=O)C=C(Br)C1=O. The lowest BCUT2D eigenvalue weighted by atomic mass is 10.1. The van der Waals surface area contributed by atoms with E-state index in [4.69, 9.17) is 0 Å². The third-order valence-electron chi connectivity index (χ3n) is 3.58. The second kappa shape index (κ2) is 7.39. The molecule has 4 amide bonds.